The van der Waals surface area contributed by atoms with Crippen LogP contribution in [0.4, 0.5) is 5.69 Å². The van der Waals surface area contributed by atoms with Crippen molar-refractivity contribution >= 4 is 22.6 Å². The van der Waals surface area contributed by atoms with E-state index in [1.54, 1.807) is 16.7 Å². The second-order valence-electron chi connectivity index (χ2n) is 8.62. The lowest BCUT2D eigenvalue weighted by Crippen LogP contribution is -2.60. The fourth-order valence-corrected chi connectivity index (χ4v) is 6.33. The van der Waals surface area contributed by atoms with Gasteiger partial charge in [0, 0.05) is 24.7 Å². The van der Waals surface area contributed by atoms with Crippen LogP contribution in [0, 0.1) is 15.5 Å². The van der Waals surface area contributed by atoms with Crippen molar-refractivity contribution in [1.82, 2.24) is 9.47 Å². The van der Waals surface area contributed by atoms with Gasteiger partial charge in [0.25, 0.3) is 5.69 Å². The Morgan fingerprint density at radius 1 is 1.41 bits per heavy atom. The number of nitro benzene ring substituents is 1. The van der Waals surface area contributed by atoms with Gasteiger partial charge in [0.2, 0.25) is 5.72 Å². The Morgan fingerprint density at radius 2 is 2.21 bits per heavy atom. The van der Waals surface area contributed by atoms with E-state index in [4.69, 9.17) is 4.74 Å². The van der Waals surface area contributed by atoms with Crippen LogP contribution < -0.4 is 0 Å². The molecule has 4 heterocycles. The second kappa shape index (κ2) is 6.03. The largest absolute Gasteiger partial charge is 0.465 e. The van der Waals surface area contributed by atoms with E-state index in [0.717, 1.165) is 43.6 Å². The Labute approximate surface area is 168 Å². The van der Waals surface area contributed by atoms with E-state index in [1.165, 1.54) is 13.2 Å². The molecule has 5 rings (SSSR count). The van der Waals surface area contributed by atoms with Crippen molar-refractivity contribution in [3.05, 3.63) is 39.6 Å². The third-order valence-corrected chi connectivity index (χ3v) is 7.47. The Kier molecular flexibility index (Phi) is 3.86. The first-order chi connectivity index (χ1) is 13.9. The van der Waals surface area contributed by atoms with Gasteiger partial charge in [0.15, 0.2) is 0 Å². The number of hydrogen-bond donors (Lipinski definition) is 1. The van der Waals surface area contributed by atoms with Gasteiger partial charge >= 0.3 is 5.97 Å². The van der Waals surface area contributed by atoms with Crippen molar-refractivity contribution < 1.29 is 19.6 Å². The average molecular weight is 399 g/mol. The molecule has 3 aliphatic rings. The van der Waals surface area contributed by atoms with E-state index in [-0.39, 0.29) is 28.5 Å². The summed E-state index contributed by atoms with van der Waals surface area (Å²) >= 11 is 0. The zero-order valence-corrected chi connectivity index (χ0v) is 16.7. The van der Waals surface area contributed by atoms with Gasteiger partial charge < -0.3 is 14.4 Å². The standard InChI is InChI=1S/C21H25N3O5/c1-3-20-9-5-10-22-11-8-13-16-14(6-4-7-15(16)24(27)28)23(17(13)18(20)22)21(26,12-20)19(25)29-2/h4,6-7,18,26H,3,5,8-12H2,1-2H3/t18-,20+,21+/m1/s1. The lowest BCUT2D eigenvalue weighted by Gasteiger charge is -2.57. The number of carbonyl (C=O) groups excluding carboxylic acids is 1. The predicted molar refractivity (Wildman–Crippen MR) is 105 cm³/mol. The number of methoxy groups -OCH3 is 1. The van der Waals surface area contributed by atoms with Crippen molar-refractivity contribution in [1.29, 1.82) is 0 Å². The molecule has 0 aliphatic carbocycles. The summed E-state index contributed by atoms with van der Waals surface area (Å²) in [7, 11) is 1.28. The van der Waals surface area contributed by atoms with E-state index in [1.807, 2.05) is 0 Å². The molecule has 1 fully saturated rings. The highest BCUT2D eigenvalue weighted by molar-refractivity contribution is 5.96. The topological polar surface area (TPSA) is 97.8 Å². The van der Waals surface area contributed by atoms with Crippen molar-refractivity contribution in [3.63, 3.8) is 0 Å². The molecule has 1 aromatic heterocycles. The van der Waals surface area contributed by atoms with Crippen LogP contribution in [-0.2, 0) is 21.7 Å². The normalized spacial score (nSPS) is 30.8. The van der Waals surface area contributed by atoms with Gasteiger partial charge in [-0.1, -0.05) is 13.0 Å². The number of piperidine rings is 1. The summed E-state index contributed by atoms with van der Waals surface area (Å²) in [5.41, 5.74) is 0.182. The van der Waals surface area contributed by atoms with Gasteiger partial charge in [-0.25, -0.2) is 4.79 Å². The van der Waals surface area contributed by atoms with E-state index in [9.17, 15) is 20.0 Å². The summed E-state index contributed by atoms with van der Waals surface area (Å²) in [6, 6.07) is 4.93. The minimum Gasteiger partial charge on any atom is -0.465 e. The van der Waals surface area contributed by atoms with Crippen molar-refractivity contribution in [3.8, 4) is 0 Å². The van der Waals surface area contributed by atoms with Crippen LogP contribution >= 0.6 is 0 Å². The molecule has 1 saturated heterocycles. The van der Waals surface area contributed by atoms with E-state index < -0.39 is 11.7 Å². The maximum Gasteiger partial charge on any atom is 0.359 e. The number of fused-ring (bicyclic) bond motifs is 3. The Hall–Kier alpha value is -2.45. The molecular formula is C21H25N3O5. The molecule has 3 atom stereocenters. The molecule has 8 nitrogen and oxygen atoms in total. The number of nitro groups is 1. The molecule has 3 aliphatic heterocycles. The highest BCUT2D eigenvalue weighted by atomic mass is 16.6. The van der Waals surface area contributed by atoms with Crippen LogP contribution in [0.2, 0.25) is 0 Å². The van der Waals surface area contributed by atoms with Crippen LogP contribution in [-0.4, -0.2) is 45.7 Å². The maximum absolute atomic E-state index is 12.9. The molecule has 2 aromatic rings. The van der Waals surface area contributed by atoms with Crippen LogP contribution in [0.15, 0.2) is 18.2 Å². The monoisotopic (exact) mass is 399 g/mol. The van der Waals surface area contributed by atoms with Crippen molar-refractivity contribution in [2.75, 3.05) is 20.2 Å². The van der Waals surface area contributed by atoms with Crippen LogP contribution in [0.1, 0.15) is 49.9 Å². The molecule has 0 bridgehead atoms. The number of rotatable bonds is 3. The number of carbonyl (C=O) groups is 1. The maximum atomic E-state index is 12.9. The van der Waals surface area contributed by atoms with Crippen molar-refractivity contribution in [2.24, 2.45) is 5.41 Å². The number of hydrogen-bond acceptors (Lipinski definition) is 6. The summed E-state index contributed by atoms with van der Waals surface area (Å²) in [6.45, 7) is 3.91. The lowest BCUT2D eigenvalue weighted by molar-refractivity contribution is -0.383. The quantitative estimate of drug-likeness (QED) is 0.484. The zero-order chi connectivity index (χ0) is 20.6. The number of esters is 1. The van der Waals surface area contributed by atoms with Gasteiger partial charge in [-0.05, 0) is 49.3 Å². The minimum absolute atomic E-state index is 0.0259. The fourth-order valence-electron chi connectivity index (χ4n) is 6.33. The summed E-state index contributed by atoms with van der Waals surface area (Å²) in [5, 5.41) is 24.1. The molecule has 1 N–H and O–H groups in total. The van der Waals surface area contributed by atoms with Gasteiger partial charge in [-0.2, -0.15) is 0 Å². The van der Waals surface area contributed by atoms with Crippen molar-refractivity contribution in [2.45, 2.75) is 50.8 Å². The van der Waals surface area contributed by atoms with Gasteiger partial charge in [-0.15, -0.1) is 0 Å². The highest BCUT2D eigenvalue weighted by Crippen LogP contribution is 2.61. The smallest absolute Gasteiger partial charge is 0.359 e. The number of non-ortho nitro benzene ring substituents is 1. The Balaban J connectivity index is 1.93. The molecule has 0 saturated carbocycles. The number of benzene rings is 1. The molecule has 0 unspecified atom stereocenters. The molecule has 29 heavy (non-hydrogen) atoms. The Morgan fingerprint density at radius 3 is 2.90 bits per heavy atom. The molecule has 0 amide bonds. The fraction of sp³-hybridized carbons (Fsp3) is 0.571. The summed E-state index contributed by atoms with van der Waals surface area (Å²) in [6.07, 6.45) is 3.65. The van der Waals surface area contributed by atoms with Gasteiger partial charge in [0.1, 0.15) is 0 Å². The summed E-state index contributed by atoms with van der Waals surface area (Å²) < 4.78 is 6.70. The van der Waals surface area contributed by atoms with Crippen LogP contribution in [0.25, 0.3) is 10.9 Å². The average Bonchev–Trinajstić information content (AvgIpc) is 3.08. The first-order valence-electron chi connectivity index (χ1n) is 10.2. The number of nitrogens with zero attached hydrogens (tertiary/aromatic N) is 3. The first-order valence-corrected chi connectivity index (χ1v) is 10.2. The van der Waals surface area contributed by atoms with Gasteiger partial charge in [-0.3, -0.25) is 15.0 Å². The summed E-state index contributed by atoms with van der Waals surface area (Å²) in [4.78, 5) is 26.8. The zero-order valence-electron chi connectivity index (χ0n) is 16.7. The molecule has 154 valence electrons. The molecular weight excluding hydrogens is 374 g/mol. The molecule has 1 aromatic carbocycles. The molecule has 0 spiro atoms. The minimum atomic E-state index is -1.87. The third-order valence-electron chi connectivity index (χ3n) is 7.47. The first kappa shape index (κ1) is 18.6. The molecule has 0 radical (unpaired) electrons. The SMILES string of the molecule is CC[C@]12CCCN3CCc4c(n(c5cccc([N+](=O)[O-])c45)[C@@](O)(C(=O)OC)C1)[C@@H]32. The number of aromatic nitrogens is 1. The summed E-state index contributed by atoms with van der Waals surface area (Å²) in [5.74, 6) is -0.710. The Bertz CT molecular complexity index is 1050. The lowest BCUT2D eigenvalue weighted by atomic mass is 9.62. The van der Waals surface area contributed by atoms with Crippen LogP contribution in [0.5, 0.6) is 0 Å². The second-order valence-corrected chi connectivity index (χ2v) is 8.62. The number of aliphatic hydroxyl groups is 1. The van der Waals surface area contributed by atoms with E-state index in [2.05, 4.69) is 11.8 Å². The van der Waals surface area contributed by atoms with Crippen LogP contribution in [0.3, 0.4) is 0 Å². The number of ether oxygens (including phenoxy) is 1. The molecule has 8 heteroatoms. The van der Waals surface area contributed by atoms with E-state index in [0.29, 0.717) is 17.3 Å². The van der Waals surface area contributed by atoms with Gasteiger partial charge in [0.05, 0.1) is 29.0 Å². The third kappa shape index (κ3) is 2.18. The predicted octanol–water partition coefficient (Wildman–Crippen LogP) is 2.86. The van der Waals surface area contributed by atoms with E-state index >= 15 is 0 Å². The highest BCUT2D eigenvalue weighted by Gasteiger charge is 2.60.